The van der Waals surface area contributed by atoms with Crippen LogP contribution in [-0.2, 0) is 11.2 Å². The fourth-order valence-electron chi connectivity index (χ4n) is 2.19. The maximum absolute atomic E-state index is 5.68. The second-order valence-electron chi connectivity index (χ2n) is 4.59. The van der Waals surface area contributed by atoms with Gasteiger partial charge in [-0.05, 0) is 25.0 Å². The van der Waals surface area contributed by atoms with Crippen LogP contribution in [0, 0.1) is 0 Å². The van der Waals surface area contributed by atoms with Gasteiger partial charge in [0.05, 0.1) is 16.8 Å². The normalized spacial score (nSPS) is 19.2. The number of nitrogens with zero attached hydrogens (tertiary/aromatic N) is 1. The Morgan fingerprint density at radius 1 is 1.33 bits per heavy atom. The second kappa shape index (κ2) is 5.08. The Kier molecular flexibility index (Phi) is 3.30. The number of ether oxygens (including phenoxy) is 1. The molecule has 1 saturated heterocycles. The highest BCUT2D eigenvalue weighted by atomic mass is 32.1. The van der Waals surface area contributed by atoms with E-state index < -0.39 is 0 Å². The maximum atomic E-state index is 5.68. The number of hydrogen-bond donors (Lipinski definition) is 1. The van der Waals surface area contributed by atoms with E-state index in [4.69, 9.17) is 10.5 Å². The van der Waals surface area contributed by atoms with Gasteiger partial charge in [-0.15, -0.1) is 11.3 Å². The molecule has 0 amide bonds. The molecule has 0 saturated carbocycles. The smallest absolute Gasteiger partial charge is 0.0958 e. The number of nitrogen functional groups attached to an aromatic ring is 1. The molecular formula is C14H16N2OS. The highest BCUT2D eigenvalue weighted by Crippen LogP contribution is 2.25. The van der Waals surface area contributed by atoms with Crippen molar-refractivity contribution in [1.82, 2.24) is 4.98 Å². The first kappa shape index (κ1) is 11.7. The first-order valence-electron chi connectivity index (χ1n) is 6.23. The van der Waals surface area contributed by atoms with Crippen LogP contribution in [0.2, 0.25) is 0 Å². The number of rotatable bonds is 3. The number of aromatic nitrogens is 1. The second-order valence-corrected chi connectivity index (χ2v) is 5.53. The summed E-state index contributed by atoms with van der Waals surface area (Å²) in [5.74, 6) is 0. The van der Waals surface area contributed by atoms with Crippen molar-refractivity contribution in [1.29, 1.82) is 0 Å². The summed E-state index contributed by atoms with van der Waals surface area (Å²) in [5, 5.41) is 3.27. The van der Waals surface area contributed by atoms with Crippen molar-refractivity contribution in [2.45, 2.75) is 25.4 Å². The molecule has 1 fully saturated rings. The summed E-state index contributed by atoms with van der Waals surface area (Å²) in [6.45, 7) is 0.904. The van der Waals surface area contributed by atoms with Gasteiger partial charge < -0.3 is 10.5 Å². The van der Waals surface area contributed by atoms with E-state index in [1.807, 2.05) is 24.3 Å². The van der Waals surface area contributed by atoms with Gasteiger partial charge in [-0.3, -0.25) is 0 Å². The molecular weight excluding hydrogens is 244 g/mol. The van der Waals surface area contributed by atoms with Gasteiger partial charge >= 0.3 is 0 Å². The molecule has 3 rings (SSSR count). The SMILES string of the molecule is Nc1ccc(-c2csc(CC3CCCO3)n2)cc1. The molecule has 2 heterocycles. The minimum Gasteiger partial charge on any atom is -0.399 e. The Morgan fingerprint density at radius 3 is 2.89 bits per heavy atom. The van der Waals surface area contributed by atoms with Gasteiger partial charge in [0, 0.05) is 29.7 Å². The van der Waals surface area contributed by atoms with Crippen molar-refractivity contribution < 1.29 is 4.74 Å². The van der Waals surface area contributed by atoms with E-state index in [0.29, 0.717) is 6.10 Å². The van der Waals surface area contributed by atoms with Crippen molar-refractivity contribution in [3.05, 3.63) is 34.7 Å². The number of benzene rings is 1. The van der Waals surface area contributed by atoms with Crippen molar-refractivity contribution >= 4 is 17.0 Å². The average Bonchev–Trinajstić information content (AvgIpc) is 3.02. The third-order valence-corrected chi connectivity index (χ3v) is 4.06. The van der Waals surface area contributed by atoms with Crippen LogP contribution in [0.5, 0.6) is 0 Å². The van der Waals surface area contributed by atoms with E-state index in [9.17, 15) is 0 Å². The molecule has 3 nitrogen and oxygen atoms in total. The first-order chi connectivity index (χ1) is 8.81. The number of thiazole rings is 1. The van der Waals surface area contributed by atoms with Crippen LogP contribution < -0.4 is 5.73 Å². The third-order valence-electron chi connectivity index (χ3n) is 3.18. The lowest BCUT2D eigenvalue weighted by Crippen LogP contribution is -2.08. The summed E-state index contributed by atoms with van der Waals surface area (Å²) in [5.41, 5.74) is 8.63. The molecule has 18 heavy (non-hydrogen) atoms. The van der Waals surface area contributed by atoms with Gasteiger partial charge in [-0.2, -0.15) is 0 Å². The molecule has 2 aromatic rings. The highest BCUT2D eigenvalue weighted by molar-refractivity contribution is 7.09. The Labute approximate surface area is 111 Å². The van der Waals surface area contributed by atoms with Crippen LogP contribution in [-0.4, -0.2) is 17.7 Å². The summed E-state index contributed by atoms with van der Waals surface area (Å²) in [7, 11) is 0. The predicted octanol–water partition coefficient (Wildman–Crippen LogP) is 3.11. The van der Waals surface area contributed by atoms with E-state index >= 15 is 0 Å². The Bertz CT molecular complexity index is 515. The quantitative estimate of drug-likeness (QED) is 0.863. The Balaban J connectivity index is 1.74. The molecule has 2 N–H and O–H groups in total. The summed E-state index contributed by atoms with van der Waals surface area (Å²) in [6, 6.07) is 7.85. The molecule has 1 aromatic heterocycles. The van der Waals surface area contributed by atoms with Gasteiger partial charge in [0.1, 0.15) is 0 Å². The molecule has 1 aliphatic heterocycles. The Hall–Kier alpha value is -1.39. The van der Waals surface area contributed by atoms with Crippen LogP contribution in [0.3, 0.4) is 0 Å². The fourth-order valence-corrected chi connectivity index (χ4v) is 3.06. The molecule has 1 aromatic carbocycles. The van der Waals surface area contributed by atoms with Gasteiger partial charge in [0.25, 0.3) is 0 Å². The van der Waals surface area contributed by atoms with E-state index in [1.54, 1.807) is 11.3 Å². The molecule has 0 aliphatic carbocycles. The van der Waals surface area contributed by atoms with Crippen molar-refractivity contribution in [3.63, 3.8) is 0 Å². The highest BCUT2D eigenvalue weighted by Gasteiger charge is 2.17. The minimum absolute atomic E-state index is 0.371. The number of hydrogen-bond acceptors (Lipinski definition) is 4. The van der Waals surface area contributed by atoms with E-state index in [2.05, 4.69) is 10.4 Å². The van der Waals surface area contributed by atoms with Gasteiger partial charge in [0.2, 0.25) is 0 Å². The largest absolute Gasteiger partial charge is 0.399 e. The van der Waals surface area contributed by atoms with Gasteiger partial charge in [-0.25, -0.2) is 4.98 Å². The lowest BCUT2D eigenvalue weighted by Gasteiger charge is -2.05. The zero-order valence-electron chi connectivity index (χ0n) is 10.1. The van der Waals surface area contributed by atoms with Gasteiger partial charge in [0.15, 0.2) is 0 Å². The molecule has 1 atom stereocenters. The minimum atomic E-state index is 0.371. The summed E-state index contributed by atoms with van der Waals surface area (Å²) in [4.78, 5) is 4.67. The molecule has 1 aliphatic rings. The Morgan fingerprint density at radius 2 is 2.17 bits per heavy atom. The van der Waals surface area contributed by atoms with E-state index in [1.165, 1.54) is 6.42 Å². The fraction of sp³-hybridized carbons (Fsp3) is 0.357. The molecule has 0 bridgehead atoms. The number of nitrogens with two attached hydrogens (primary N) is 1. The molecule has 94 valence electrons. The zero-order chi connectivity index (χ0) is 12.4. The van der Waals surface area contributed by atoms with Crippen molar-refractivity contribution in [3.8, 4) is 11.3 Å². The standard InChI is InChI=1S/C14H16N2OS/c15-11-5-3-10(4-6-11)13-9-18-14(16-13)8-12-2-1-7-17-12/h3-6,9,12H,1-2,7-8,15H2. The maximum Gasteiger partial charge on any atom is 0.0958 e. The zero-order valence-corrected chi connectivity index (χ0v) is 11.0. The third kappa shape index (κ3) is 2.54. The summed E-state index contributed by atoms with van der Waals surface area (Å²) >= 11 is 1.71. The van der Waals surface area contributed by atoms with E-state index in [-0.39, 0.29) is 0 Å². The summed E-state index contributed by atoms with van der Waals surface area (Å²) < 4.78 is 5.64. The van der Waals surface area contributed by atoms with Crippen LogP contribution in [0.4, 0.5) is 5.69 Å². The lowest BCUT2D eigenvalue weighted by molar-refractivity contribution is 0.111. The first-order valence-corrected chi connectivity index (χ1v) is 7.11. The van der Waals surface area contributed by atoms with Crippen LogP contribution in [0.15, 0.2) is 29.6 Å². The average molecular weight is 260 g/mol. The van der Waals surface area contributed by atoms with E-state index in [0.717, 1.165) is 41.4 Å². The van der Waals surface area contributed by atoms with Crippen LogP contribution in [0.25, 0.3) is 11.3 Å². The molecule has 1 unspecified atom stereocenters. The molecule has 4 heteroatoms. The molecule has 0 spiro atoms. The van der Waals surface area contributed by atoms with Crippen LogP contribution in [0.1, 0.15) is 17.8 Å². The van der Waals surface area contributed by atoms with Gasteiger partial charge in [-0.1, -0.05) is 12.1 Å². The monoisotopic (exact) mass is 260 g/mol. The predicted molar refractivity (Wildman–Crippen MR) is 74.6 cm³/mol. The van der Waals surface area contributed by atoms with Crippen LogP contribution >= 0.6 is 11.3 Å². The van der Waals surface area contributed by atoms with Crippen molar-refractivity contribution in [2.75, 3.05) is 12.3 Å². The topological polar surface area (TPSA) is 48.1 Å². The van der Waals surface area contributed by atoms with Crippen molar-refractivity contribution in [2.24, 2.45) is 0 Å². The lowest BCUT2D eigenvalue weighted by atomic mass is 10.1. The molecule has 0 radical (unpaired) electrons. The number of anilines is 1. The summed E-state index contributed by atoms with van der Waals surface area (Å²) in [6.07, 6.45) is 3.66.